The summed E-state index contributed by atoms with van der Waals surface area (Å²) in [5.41, 5.74) is -1.84. The Hall–Kier alpha value is -1.63. The smallest absolute Gasteiger partial charge is 0.401 e. The number of hydrogen-bond donors (Lipinski definition) is 2. The molecule has 1 unspecified atom stereocenters. The highest BCUT2D eigenvalue weighted by Gasteiger charge is 2.40. The second-order valence-corrected chi connectivity index (χ2v) is 3.61. The van der Waals surface area contributed by atoms with E-state index in [1.54, 1.807) is 6.07 Å². The Bertz CT molecular complexity index is 394. The SMILES string of the molecule is CC(NCC(F)(F)F)(C(=O)O)c1ccccn1. The number of alkyl halides is 3. The van der Waals surface area contributed by atoms with Gasteiger partial charge in [0.15, 0.2) is 5.54 Å². The molecule has 1 heterocycles. The van der Waals surface area contributed by atoms with E-state index in [0.717, 1.165) is 6.92 Å². The highest BCUT2D eigenvalue weighted by atomic mass is 19.4. The first-order valence-electron chi connectivity index (χ1n) is 4.72. The number of rotatable bonds is 4. The molecule has 1 aromatic rings. The maximum Gasteiger partial charge on any atom is 0.401 e. The molecule has 0 saturated carbocycles. The van der Waals surface area contributed by atoms with Crippen LogP contribution >= 0.6 is 0 Å². The highest BCUT2D eigenvalue weighted by Crippen LogP contribution is 2.21. The molecule has 4 nitrogen and oxygen atoms in total. The Kier molecular flexibility index (Phi) is 3.72. The summed E-state index contributed by atoms with van der Waals surface area (Å²) in [5.74, 6) is -1.42. The number of nitrogens with zero attached hydrogens (tertiary/aromatic N) is 1. The highest BCUT2D eigenvalue weighted by molar-refractivity contribution is 5.79. The molecule has 2 N–H and O–H groups in total. The van der Waals surface area contributed by atoms with Gasteiger partial charge in [-0.25, -0.2) is 4.79 Å². The minimum absolute atomic E-state index is 0.0248. The molecule has 0 aromatic carbocycles. The molecule has 17 heavy (non-hydrogen) atoms. The standard InChI is InChI=1S/C10H11F3N2O2/c1-9(8(16)17,15-6-10(11,12)13)7-4-2-3-5-14-7/h2-5,15H,6H2,1H3,(H,16,17). The summed E-state index contributed by atoms with van der Waals surface area (Å²) in [4.78, 5) is 14.8. The normalized spacial score (nSPS) is 15.3. The molecule has 0 aliphatic heterocycles. The maximum atomic E-state index is 12.1. The fourth-order valence-electron chi connectivity index (χ4n) is 1.21. The average Bonchev–Trinajstić information content (AvgIpc) is 2.26. The molecule has 0 saturated heterocycles. The van der Waals surface area contributed by atoms with Gasteiger partial charge in [-0.15, -0.1) is 0 Å². The number of pyridine rings is 1. The zero-order valence-corrected chi connectivity index (χ0v) is 8.95. The van der Waals surface area contributed by atoms with Crippen LogP contribution in [0.2, 0.25) is 0 Å². The van der Waals surface area contributed by atoms with Crippen molar-refractivity contribution in [3.8, 4) is 0 Å². The fraction of sp³-hybridized carbons (Fsp3) is 0.400. The van der Waals surface area contributed by atoms with Crippen LogP contribution in [0.5, 0.6) is 0 Å². The van der Waals surface area contributed by atoms with Crippen LogP contribution in [0.3, 0.4) is 0 Å². The Morgan fingerprint density at radius 3 is 2.53 bits per heavy atom. The summed E-state index contributed by atoms with van der Waals surface area (Å²) in [5, 5.41) is 11.0. The number of carbonyl (C=O) groups is 1. The van der Waals surface area contributed by atoms with E-state index in [9.17, 15) is 18.0 Å². The molecule has 0 spiro atoms. The van der Waals surface area contributed by atoms with E-state index in [0.29, 0.717) is 0 Å². The van der Waals surface area contributed by atoms with Crippen molar-refractivity contribution in [1.29, 1.82) is 0 Å². The third kappa shape index (κ3) is 3.42. The zero-order chi connectivity index (χ0) is 13.1. The molecule has 0 bridgehead atoms. The van der Waals surface area contributed by atoms with E-state index in [1.807, 2.05) is 5.32 Å². The Morgan fingerprint density at radius 2 is 2.12 bits per heavy atom. The van der Waals surface area contributed by atoms with Crippen molar-refractivity contribution in [1.82, 2.24) is 10.3 Å². The van der Waals surface area contributed by atoms with Crippen LogP contribution in [-0.4, -0.2) is 28.8 Å². The predicted octanol–water partition coefficient (Wildman–Crippen LogP) is 1.53. The third-order valence-electron chi connectivity index (χ3n) is 2.25. The first-order valence-corrected chi connectivity index (χ1v) is 4.72. The number of aromatic nitrogens is 1. The Labute approximate surface area is 95.5 Å². The van der Waals surface area contributed by atoms with E-state index < -0.39 is 24.2 Å². The van der Waals surface area contributed by atoms with Gasteiger partial charge in [0.05, 0.1) is 12.2 Å². The van der Waals surface area contributed by atoms with Gasteiger partial charge in [-0.2, -0.15) is 13.2 Å². The minimum atomic E-state index is -4.48. The van der Waals surface area contributed by atoms with E-state index >= 15 is 0 Å². The van der Waals surface area contributed by atoms with Crippen molar-refractivity contribution in [2.24, 2.45) is 0 Å². The van der Waals surface area contributed by atoms with Crippen molar-refractivity contribution in [2.45, 2.75) is 18.6 Å². The van der Waals surface area contributed by atoms with Gasteiger partial charge in [-0.05, 0) is 19.1 Å². The Morgan fingerprint density at radius 1 is 1.47 bits per heavy atom. The first kappa shape index (κ1) is 13.4. The molecule has 1 atom stereocenters. The molecule has 0 aliphatic carbocycles. The van der Waals surface area contributed by atoms with Gasteiger partial charge in [-0.1, -0.05) is 6.07 Å². The lowest BCUT2D eigenvalue weighted by Gasteiger charge is -2.26. The lowest BCUT2D eigenvalue weighted by atomic mass is 9.97. The predicted molar refractivity (Wildman–Crippen MR) is 53.3 cm³/mol. The molecule has 0 fully saturated rings. The zero-order valence-electron chi connectivity index (χ0n) is 8.95. The monoisotopic (exact) mass is 248 g/mol. The van der Waals surface area contributed by atoms with Crippen LogP contribution in [0.15, 0.2) is 24.4 Å². The maximum absolute atomic E-state index is 12.1. The molecule has 94 valence electrons. The van der Waals surface area contributed by atoms with Gasteiger partial charge in [-0.3, -0.25) is 10.3 Å². The second-order valence-electron chi connectivity index (χ2n) is 3.61. The minimum Gasteiger partial charge on any atom is -0.480 e. The number of nitrogens with one attached hydrogen (secondary N) is 1. The summed E-state index contributed by atoms with van der Waals surface area (Å²) in [6, 6.07) is 4.42. The van der Waals surface area contributed by atoms with Gasteiger partial charge in [0.1, 0.15) is 0 Å². The molecule has 1 aromatic heterocycles. The van der Waals surface area contributed by atoms with Crippen molar-refractivity contribution in [2.75, 3.05) is 6.54 Å². The largest absolute Gasteiger partial charge is 0.480 e. The summed E-state index contributed by atoms with van der Waals surface area (Å²) in [6.07, 6.45) is -3.16. The number of hydrogen-bond acceptors (Lipinski definition) is 3. The van der Waals surface area contributed by atoms with Gasteiger partial charge in [0.2, 0.25) is 0 Å². The number of halogens is 3. The molecular weight excluding hydrogens is 237 g/mol. The molecule has 1 rings (SSSR count). The summed E-state index contributed by atoms with van der Waals surface area (Å²) < 4.78 is 36.3. The van der Waals surface area contributed by atoms with Crippen LogP contribution < -0.4 is 5.32 Å². The van der Waals surface area contributed by atoms with Crippen LogP contribution in [0.4, 0.5) is 13.2 Å². The molecule has 0 radical (unpaired) electrons. The van der Waals surface area contributed by atoms with E-state index in [2.05, 4.69) is 4.98 Å². The van der Waals surface area contributed by atoms with E-state index in [4.69, 9.17) is 5.11 Å². The van der Waals surface area contributed by atoms with Gasteiger partial charge < -0.3 is 5.11 Å². The lowest BCUT2D eigenvalue weighted by Crippen LogP contribution is -2.50. The lowest BCUT2D eigenvalue weighted by molar-refractivity contribution is -0.150. The number of aliphatic carboxylic acids is 1. The Balaban J connectivity index is 2.95. The van der Waals surface area contributed by atoms with Crippen molar-refractivity contribution in [3.05, 3.63) is 30.1 Å². The van der Waals surface area contributed by atoms with Crippen LogP contribution in [0, 0.1) is 0 Å². The third-order valence-corrected chi connectivity index (χ3v) is 2.25. The second kappa shape index (κ2) is 4.70. The molecule has 7 heteroatoms. The van der Waals surface area contributed by atoms with Crippen LogP contribution in [-0.2, 0) is 10.3 Å². The number of carboxylic acid groups (broad SMARTS) is 1. The van der Waals surface area contributed by atoms with Crippen LogP contribution in [0.1, 0.15) is 12.6 Å². The van der Waals surface area contributed by atoms with Crippen molar-refractivity contribution in [3.63, 3.8) is 0 Å². The van der Waals surface area contributed by atoms with Gasteiger partial charge in [0.25, 0.3) is 0 Å². The average molecular weight is 248 g/mol. The topological polar surface area (TPSA) is 62.2 Å². The fourth-order valence-corrected chi connectivity index (χ4v) is 1.21. The summed E-state index contributed by atoms with van der Waals surface area (Å²) >= 11 is 0. The van der Waals surface area contributed by atoms with Crippen LogP contribution in [0.25, 0.3) is 0 Å². The summed E-state index contributed by atoms with van der Waals surface area (Å²) in [7, 11) is 0. The molecular formula is C10H11F3N2O2. The first-order chi connectivity index (χ1) is 7.76. The van der Waals surface area contributed by atoms with Gasteiger partial charge in [0, 0.05) is 6.20 Å². The van der Waals surface area contributed by atoms with Gasteiger partial charge >= 0.3 is 12.1 Å². The van der Waals surface area contributed by atoms with Crippen molar-refractivity contribution >= 4 is 5.97 Å². The summed E-state index contributed by atoms with van der Waals surface area (Å²) in [6.45, 7) is -0.254. The molecule has 0 aliphatic rings. The van der Waals surface area contributed by atoms with Crippen molar-refractivity contribution < 1.29 is 23.1 Å². The quantitative estimate of drug-likeness (QED) is 0.848. The van der Waals surface area contributed by atoms with E-state index in [1.165, 1.54) is 18.3 Å². The number of carboxylic acids is 1. The van der Waals surface area contributed by atoms with E-state index in [-0.39, 0.29) is 5.69 Å². The molecule has 0 amide bonds.